The Bertz CT molecular complexity index is 680. The minimum atomic E-state index is 0.506. The highest BCUT2D eigenvalue weighted by atomic mass is 32.1. The molecule has 3 rings (SSSR count). The minimum absolute atomic E-state index is 0.506. The van der Waals surface area contributed by atoms with E-state index in [1.54, 1.807) is 7.11 Å². The van der Waals surface area contributed by atoms with Gasteiger partial charge in [0, 0.05) is 11.7 Å². The number of nitrogens with one attached hydrogen (secondary N) is 2. The lowest BCUT2D eigenvalue weighted by molar-refractivity contribution is 0.413. The van der Waals surface area contributed by atoms with Crippen LogP contribution in [-0.4, -0.2) is 18.3 Å². The summed E-state index contributed by atoms with van der Waals surface area (Å²) in [5.74, 6) is 2.36. The Labute approximate surface area is 154 Å². The lowest BCUT2D eigenvalue weighted by Crippen LogP contribution is -2.38. The molecule has 0 aromatic heterocycles. The molecule has 1 aliphatic carbocycles. The molecule has 0 heterocycles. The van der Waals surface area contributed by atoms with Crippen LogP contribution >= 0.6 is 12.2 Å². The molecule has 25 heavy (non-hydrogen) atoms. The Balaban J connectivity index is 1.51. The van der Waals surface area contributed by atoms with Gasteiger partial charge >= 0.3 is 0 Å². The third-order valence-corrected chi connectivity index (χ3v) is 4.57. The van der Waals surface area contributed by atoms with Crippen LogP contribution in [-0.2, 0) is 0 Å². The summed E-state index contributed by atoms with van der Waals surface area (Å²) in [6, 6.07) is 15.8. The van der Waals surface area contributed by atoms with Gasteiger partial charge in [-0.3, -0.25) is 0 Å². The number of benzene rings is 2. The standard InChI is InChI=1S/C20H24N2O2S/c1-23-17-11-13-19(14-12-17)24-18-9-7-16(8-10-18)22-20(25)21-15-5-3-2-4-6-15/h7-15H,2-6H2,1H3,(H2,21,22,25). The van der Waals surface area contributed by atoms with Crippen LogP contribution in [0, 0.1) is 0 Å². The molecule has 0 amide bonds. The van der Waals surface area contributed by atoms with Gasteiger partial charge in [0.25, 0.3) is 0 Å². The first-order chi connectivity index (χ1) is 12.2. The van der Waals surface area contributed by atoms with Gasteiger partial charge in [-0.2, -0.15) is 0 Å². The van der Waals surface area contributed by atoms with Crippen LogP contribution in [0.15, 0.2) is 48.5 Å². The lowest BCUT2D eigenvalue weighted by Gasteiger charge is -2.24. The Morgan fingerprint density at radius 1 is 0.880 bits per heavy atom. The predicted octanol–water partition coefficient (Wildman–Crippen LogP) is 5.11. The van der Waals surface area contributed by atoms with Crippen LogP contribution in [0.5, 0.6) is 17.2 Å². The van der Waals surface area contributed by atoms with Crippen molar-refractivity contribution < 1.29 is 9.47 Å². The van der Waals surface area contributed by atoms with Gasteiger partial charge in [-0.05, 0) is 73.6 Å². The third-order valence-electron chi connectivity index (χ3n) is 4.35. The zero-order valence-electron chi connectivity index (χ0n) is 14.5. The summed E-state index contributed by atoms with van der Waals surface area (Å²) in [5.41, 5.74) is 0.954. The molecule has 0 unspecified atom stereocenters. The number of anilines is 1. The van der Waals surface area contributed by atoms with Crippen LogP contribution in [0.1, 0.15) is 32.1 Å². The first-order valence-corrected chi connectivity index (χ1v) is 9.13. The quantitative estimate of drug-likeness (QED) is 0.729. The van der Waals surface area contributed by atoms with Crippen molar-refractivity contribution in [3.05, 3.63) is 48.5 Å². The van der Waals surface area contributed by atoms with Crippen LogP contribution in [0.2, 0.25) is 0 Å². The molecule has 1 aliphatic rings. The van der Waals surface area contributed by atoms with Crippen molar-refractivity contribution in [2.45, 2.75) is 38.1 Å². The number of hydrogen-bond donors (Lipinski definition) is 2. The second kappa shape index (κ2) is 8.72. The molecule has 1 fully saturated rings. The SMILES string of the molecule is COc1ccc(Oc2ccc(NC(=S)NC3CCCCC3)cc2)cc1. The molecular formula is C20H24N2O2S. The van der Waals surface area contributed by atoms with Gasteiger partial charge in [0.15, 0.2) is 5.11 Å². The topological polar surface area (TPSA) is 42.5 Å². The number of hydrogen-bond acceptors (Lipinski definition) is 3. The van der Waals surface area contributed by atoms with E-state index in [9.17, 15) is 0 Å². The largest absolute Gasteiger partial charge is 0.497 e. The summed E-state index contributed by atoms with van der Waals surface area (Å²) in [4.78, 5) is 0. The Morgan fingerprint density at radius 3 is 2.04 bits per heavy atom. The van der Waals surface area contributed by atoms with Gasteiger partial charge in [-0.25, -0.2) is 0 Å². The van der Waals surface area contributed by atoms with Crippen molar-refractivity contribution >= 4 is 23.0 Å². The molecular weight excluding hydrogens is 332 g/mol. The molecule has 2 N–H and O–H groups in total. The fourth-order valence-corrected chi connectivity index (χ4v) is 3.27. The summed E-state index contributed by atoms with van der Waals surface area (Å²) in [6.45, 7) is 0. The molecule has 0 radical (unpaired) electrons. The van der Waals surface area contributed by atoms with E-state index in [0.717, 1.165) is 22.9 Å². The molecule has 0 saturated heterocycles. The van der Waals surface area contributed by atoms with E-state index < -0.39 is 0 Å². The van der Waals surface area contributed by atoms with Gasteiger partial charge in [0.2, 0.25) is 0 Å². The minimum Gasteiger partial charge on any atom is -0.497 e. The highest BCUT2D eigenvalue weighted by Gasteiger charge is 2.13. The maximum Gasteiger partial charge on any atom is 0.170 e. The number of methoxy groups -OCH3 is 1. The van der Waals surface area contributed by atoms with Crippen LogP contribution < -0.4 is 20.1 Å². The fourth-order valence-electron chi connectivity index (χ4n) is 2.99. The van der Waals surface area contributed by atoms with Crippen molar-refractivity contribution in [3.63, 3.8) is 0 Å². The first-order valence-electron chi connectivity index (χ1n) is 8.72. The summed E-state index contributed by atoms with van der Waals surface area (Å²) < 4.78 is 11.0. The average Bonchev–Trinajstić information content (AvgIpc) is 2.65. The molecule has 2 aromatic rings. The maximum absolute atomic E-state index is 5.83. The van der Waals surface area contributed by atoms with E-state index in [2.05, 4.69) is 10.6 Å². The normalized spacial score (nSPS) is 14.6. The maximum atomic E-state index is 5.83. The molecule has 0 spiro atoms. The zero-order chi connectivity index (χ0) is 17.5. The molecule has 0 atom stereocenters. The van der Waals surface area contributed by atoms with Crippen LogP contribution in [0.3, 0.4) is 0 Å². The van der Waals surface area contributed by atoms with Gasteiger partial charge in [-0.1, -0.05) is 19.3 Å². The first kappa shape index (κ1) is 17.5. The summed E-state index contributed by atoms with van der Waals surface area (Å²) in [7, 11) is 1.65. The van der Waals surface area contributed by atoms with Crippen molar-refractivity contribution in [3.8, 4) is 17.2 Å². The van der Waals surface area contributed by atoms with Crippen molar-refractivity contribution in [2.24, 2.45) is 0 Å². The fraction of sp³-hybridized carbons (Fsp3) is 0.350. The van der Waals surface area contributed by atoms with Gasteiger partial charge < -0.3 is 20.1 Å². The monoisotopic (exact) mass is 356 g/mol. The second-order valence-electron chi connectivity index (χ2n) is 6.24. The van der Waals surface area contributed by atoms with Crippen molar-refractivity contribution in [2.75, 3.05) is 12.4 Å². The predicted molar refractivity (Wildman–Crippen MR) is 106 cm³/mol. The average molecular weight is 356 g/mol. The zero-order valence-corrected chi connectivity index (χ0v) is 15.3. The third kappa shape index (κ3) is 5.36. The number of thiocarbonyl (C=S) groups is 1. The molecule has 4 nitrogen and oxygen atoms in total. The van der Waals surface area contributed by atoms with E-state index in [0.29, 0.717) is 11.2 Å². The Kier molecular flexibility index (Phi) is 6.12. The van der Waals surface area contributed by atoms with Gasteiger partial charge in [0.05, 0.1) is 7.11 Å². The van der Waals surface area contributed by atoms with Gasteiger partial charge in [0.1, 0.15) is 17.2 Å². The number of ether oxygens (including phenoxy) is 2. The summed E-state index contributed by atoms with van der Waals surface area (Å²) in [5, 5.41) is 7.34. The van der Waals surface area contributed by atoms with Crippen LogP contribution in [0.25, 0.3) is 0 Å². The van der Waals surface area contributed by atoms with E-state index in [4.69, 9.17) is 21.7 Å². The lowest BCUT2D eigenvalue weighted by atomic mass is 9.96. The van der Waals surface area contributed by atoms with Gasteiger partial charge in [-0.15, -0.1) is 0 Å². The van der Waals surface area contributed by atoms with Crippen LogP contribution in [0.4, 0.5) is 5.69 Å². The van der Waals surface area contributed by atoms with E-state index in [-0.39, 0.29) is 0 Å². The highest BCUT2D eigenvalue weighted by Crippen LogP contribution is 2.25. The smallest absolute Gasteiger partial charge is 0.170 e. The molecule has 0 bridgehead atoms. The summed E-state index contributed by atoms with van der Waals surface area (Å²) in [6.07, 6.45) is 6.33. The molecule has 132 valence electrons. The number of rotatable bonds is 5. The molecule has 1 saturated carbocycles. The Hall–Kier alpha value is -2.27. The van der Waals surface area contributed by atoms with Crippen molar-refractivity contribution in [1.82, 2.24) is 5.32 Å². The highest BCUT2D eigenvalue weighted by molar-refractivity contribution is 7.80. The van der Waals surface area contributed by atoms with E-state index in [1.807, 2.05) is 48.5 Å². The molecule has 0 aliphatic heterocycles. The van der Waals surface area contributed by atoms with E-state index >= 15 is 0 Å². The Morgan fingerprint density at radius 2 is 1.44 bits per heavy atom. The summed E-state index contributed by atoms with van der Waals surface area (Å²) >= 11 is 5.41. The second-order valence-corrected chi connectivity index (χ2v) is 6.64. The van der Waals surface area contributed by atoms with Crippen molar-refractivity contribution in [1.29, 1.82) is 0 Å². The molecule has 5 heteroatoms. The van der Waals surface area contributed by atoms with E-state index in [1.165, 1.54) is 32.1 Å². The molecule has 2 aromatic carbocycles.